The molecule has 1 aliphatic rings. The van der Waals surface area contributed by atoms with Crippen LogP contribution in [-0.2, 0) is 5.41 Å². The summed E-state index contributed by atoms with van der Waals surface area (Å²) in [6.45, 7) is 4.97. The smallest absolute Gasteiger partial charge is 0.123 e. The van der Waals surface area contributed by atoms with Crippen LogP contribution in [0.15, 0.2) is 18.2 Å². The zero-order chi connectivity index (χ0) is 9.47. The highest BCUT2D eigenvalue weighted by molar-refractivity contribution is 5.40. The summed E-state index contributed by atoms with van der Waals surface area (Å²) in [7, 11) is 0. The van der Waals surface area contributed by atoms with E-state index in [9.17, 15) is 4.39 Å². The normalized spacial score (nSPS) is 19.0. The number of fused-ring (bicyclic) bond motifs is 1. The first-order chi connectivity index (χ1) is 6.09. The zero-order valence-electron chi connectivity index (χ0n) is 7.93. The number of rotatable bonds is 0. The van der Waals surface area contributed by atoms with Crippen molar-refractivity contribution in [2.75, 3.05) is 6.61 Å². The quantitative estimate of drug-likeness (QED) is 0.596. The van der Waals surface area contributed by atoms with E-state index >= 15 is 0 Å². The first kappa shape index (κ1) is 8.54. The highest BCUT2D eigenvalue weighted by Gasteiger charge is 2.28. The predicted octanol–water partition coefficient (Wildman–Crippen LogP) is 2.89. The third kappa shape index (κ3) is 1.41. The van der Waals surface area contributed by atoms with Gasteiger partial charge in [-0.15, -0.1) is 0 Å². The average molecular weight is 180 g/mol. The predicted molar refractivity (Wildman–Crippen MR) is 49.5 cm³/mol. The Morgan fingerprint density at radius 1 is 1.38 bits per heavy atom. The Morgan fingerprint density at radius 2 is 2.15 bits per heavy atom. The second-order valence-corrected chi connectivity index (χ2v) is 4.12. The highest BCUT2D eigenvalue weighted by atomic mass is 19.1. The zero-order valence-corrected chi connectivity index (χ0v) is 7.93. The molecule has 1 aromatic carbocycles. The Labute approximate surface area is 77.5 Å². The molecule has 0 spiro atoms. The van der Waals surface area contributed by atoms with Gasteiger partial charge in [0.2, 0.25) is 0 Å². The van der Waals surface area contributed by atoms with E-state index in [0.717, 1.165) is 24.3 Å². The van der Waals surface area contributed by atoms with Crippen LogP contribution in [0.1, 0.15) is 25.8 Å². The Hall–Kier alpha value is -1.05. The Morgan fingerprint density at radius 3 is 2.92 bits per heavy atom. The standard InChI is InChI=1S/C11H13FO/c1-11(2)5-6-13-10-4-3-8(12)7-9(10)11/h3-4,7H,5-6H2,1-2H3. The Balaban J connectivity index is 2.55. The summed E-state index contributed by atoms with van der Waals surface area (Å²) in [6, 6.07) is 4.74. The maximum absolute atomic E-state index is 13.0. The van der Waals surface area contributed by atoms with Crippen molar-refractivity contribution in [1.29, 1.82) is 0 Å². The van der Waals surface area contributed by atoms with Gasteiger partial charge in [0, 0.05) is 5.56 Å². The van der Waals surface area contributed by atoms with E-state index in [1.54, 1.807) is 12.1 Å². The molecule has 0 N–H and O–H groups in total. The number of halogens is 1. The van der Waals surface area contributed by atoms with Gasteiger partial charge in [-0.25, -0.2) is 4.39 Å². The summed E-state index contributed by atoms with van der Waals surface area (Å²) in [5.41, 5.74) is 1.02. The summed E-state index contributed by atoms with van der Waals surface area (Å²) in [4.78, 5) is 0. The van der Waals surface area contributed by atoms with Gasteiger partial charge in [0.15, 0.2) is 0 Å². The van der Waals surface area contributed by atoms with Crippen molar-refractivity contribution < 1.29 is 9.13 Å². The molecule has 0 fully saturated rings. The van der Waals surface area contributed by atoms with Gasteiger partial charge < -0.3 is 4.74 Å². The molecule has 1 aliphatic heterocycles. The molecule has 1 aromatic rings. The third-order valence-corrected chi connectivity index (χ3v) is 2.66. The minimum atomic E-state index is -0.183. The first-order valence-electron chi connectivity index (χ1n) is 4.52. The van der Waals surface area contributed by atoms with Crippen molar-refractivity contribution in [3.8, 4) is 5.75 Å². The molecule has 0 atom stereocenters. The molecular formula is C11H13FO. The van der Waals surface area contributed by atoms with E-state index in [-0.39, 0.29) is 11.2 Å². The van der Waals surface area contributed by atoms with Crippen LogP contribution in [0.4, 0.5) is 4.39 Å². The summed E-state index contributed by atoms with van der Waals surface area (Å²) < 4.78 is 18.4. The minimum absolute atomic E-state index is 0.0374. The number of benzene rings is 1. The van der Waals surface area contributed by atoms with Crippen molar-refractivity contribution in [3.63, 3.8) is 0 Å². The van der Waals surface area contributed by atoms with E-state index in [0.29, 0.717) is 0 Å². The van der Waals surface area contributed by atoms with Gasteiger partial charge in [0.1, 0.15) is 11.6 Å². The average Bonchev–Trinajstić information content (AvgIpc) is 2.06. The largest absolute Gasteiger partial charge is 0.493 e. The topological polar surface area (TPSA) is 9.23 Å². The summed E-state index contributed by atoms with van der Waals surface area (Å²) in [5, 5.41) is 0. The van der Waals surface area contributed by atoms with Gasteiger partial charge in [-0.05, 0) is 30.0 Å². The fourth-order valence-corrected chi connectivity index (χ4v) is 1.71. The molecule has 2 rings (SSSR count). The molecule has 70 valence electrons. The highest BCUT2D eigenvalue weighted by Crippen LogP contribution is 2.38. The fourth-order valence-electron chi connectivity index (χ4n) is 1.71. The number of hydrogen-bond donors (Lipinski definition) is 0. The second kappa shape index (κ2) is 2.72. The minimum Gasteiger partial charge on any atom is -0.493 e. The van der Waals surface area contributed by atoms with Crippen molar-refractivity contribution in [2.45, 2.75) is 25.7 Å². The number of hydrogen-bond acceptors (Lipinski definition) is 1. The van der Waals surface area contributed by atoms with E-state index in [1.165, 1.54) is 6.07 Å². The van der Waals surface area contributed by atoms with E-state index in [4.69, 9.17) is 4.74 Å². The van der Waals surface area contributed by atoms with Gasteiger partial charge in [0.05, 0.1) is 6.61 Å². The summed E-state index contributed by atoms with van der Waals surface area (Å²) >= 11 is 0. The van der Waals surface area contributed by atoms with E-state index in [2.05, 4.69) is 13.8 Å². The Bertz CT molecular complexity index is 331. The molecule has 0 aromatic heterocycles. The Kier molecular flexibility index (Phi) is 1.79. The van der Waals surface area contributed by atoms with Crippen LogP contribution in [0.25, 0.3) is 0 Å². The lowest BCUT2D eigenvalue weighted by molar-refractivity contribution is 0.233. The molecule has 0 radical (unpaired) electrons. The van der Waals surface area contributed by atoms with Crippen LogP contribution >= 0.6 is 0 Å². The first-order valence-corrected chi connectivity index (χ1v) is 4.52. The van der Waals surface area contributed by atoms with E-state index < -0.39 is 0 Å². The molecule has 0 unspecified atom stereocenters. The molecule has 0 saturated carbocycles. The van der Waals surface area contributed by atoms with Gasteiger partial charge in [0.25, 0.3) is 0 Å². The van der Waals surface area contributed by atoms with Crippen LogP contribution in [0.2, 0.25) is 0 Å². The van der Waals surface area contributed by atoms with Crippen molar-refractivity contribution in [3.05, 3.63) is 29.6 Å². The van der Waals surface area contributed by atoms with Crippen LogP contribution in [-0.4, -0.2) is 6.61 Å². The van der Waals surface area contributed by atoms with Crippen molar-refractivity contribution >= 4 is 0 Å². The molecule has 1 heterocycles. The lowest BCUT2D eigenvalue weighted by Crippen LogP contribution is -2.26. The van der Waals surface area contributed by atoms with Crippen LogP contribution in [0, 0.1) is 5.82 Å². The van der Waals surface area contributed by atoms with Gasteiger partial charge >= 0.3 is 0 Å². The van der Waals surface area contributed by atoms with Crippen LogP contribution in [0.3, 0.4) is 0 Å². The SMILES string of the molecule is CC1(C)CCOc2ccc(F)cc21. The van der Waals surface area contributed by atoms with Gasteiger partial charge in [-0.2, -0.15) is 0 Å². The number of ether oxygens (including phenoxy) is 1. The lowest BCUT2D eigenvalue weighted by atomic mass is 9.80. The molecule has 13 heavy (non-hydrogen) atoms. The molecule has 0 amide bonds. The van der Waals surface area contributed by atoms with Crippen molar-refractivity contribution in [1.82, 2.24) is 0 Å². The molecule has 2 heteroatoms. The maximum atomic E-state index is 13.0. The second-order valence-electron chi connectivity index (χ2n) is 4.12. The molecular weight excluding hydrogens is 167 g/mol. The summed E-state index contributed by atoms with van der Waals surface area (Å²) in [5.74, 6) is 0.648. The maximum Gasteiger partial charge on any atom is 0.123 e. The van der Waals surface area contributed by atoms with Crippen LogP contribution in [0.5, 0.6) is 5.75 Å². The van der Waals surface area contributed by atoms with Crippen LogP contribution < -0.4 is 4.74 Å². The lowest BCUT2D eigenvalue weighted by Gasteiger charge is -2.32. The van der Waals surface area contributed by atoms with E-state index in [1.807, 2.05) is 0 Å². The van der Waals surface area contributed by atoms with Gasteiger partial charge in [-0.3, -0.25) is 0 Å². The molecule has 0 aliphatic carbocycles. The molecule has 1 nitrogen and oxygen atoms in total. The fraction of sp³-hybridized carbons (Fsp3) is 0.455. The van der Waals surface area contributed by atoms with Gasteiger partial charge in [-0.1, -0.05) is 13.8 Å². The summed E-state index contributed by atoms with van der Waals surface area (Å²) in [6.07, 6.45) is 0.948. The van der Waals surface area contributed by atoms with Crippen molar-refractivity contribution in [2.24, 2.45) is 0 Å². The third-order valence-electron chi connectivity index (χ3n) is 2.66. The molecule has 0 saturated heterocycles. The molecule has 0 bridgehead atoms. The monoisotopic (exact) mass is 180 g/mol.